The van der Waals surface area contributed by atoms with Crippen LogP contribution >= 0.6 is 11.6 Å². The summed E-state index contributed by atoms with van der Waals surface area (Å²) in [6.45, 7) is 4.89. The molecule has 1 aliphatic rings. The van der Waals surface area contributed by atoms with E-state index in [1.165, 1.54) is 5.57 Å². The predicted molar refractivity (Wildman–Crippen MR) is 64.0 cm³/mol. The van der Waals surface area contributed by atoms with E-state index in [4.69, 9.17) is 11.6 Å². The summed E-state index contributed by atoms with van der Waals surface area (Å²) in [4.78, 5) is 4.32. The molecule has 0 spiro atoms. The second kappa shape index (κ2) is 5.82. The Kier molecular flexibility index (Phi) is 4.68. The third-order valence-electron chi connectivity index (χ3n) is 2.00. The Labute approximate surface area is 90.9 Å². The average Bonchev–Trinajstić information content (AvgIpc) is 2.18. The zero-order valence-corrected chi connectivity index (χ0v) is 9.51. The van der Waals surface area contributed by atoms with Crippen LogP contribution in [0.1, 0.15) is 26.7 Å². The number of allylic oxidation sites excluding steroid dienone is 4. The summed E-state index contributed by atoms with van der Waals surface area (Å²) in [5.74, 6) is 0. The highest BCUT2D eigenvalue weighted by atomic mass is 35.5. The molecule has 1 heterocycles. The van der Waals surface area contributed by atoms with Crippen molar-refractivity contribution in [3.05, 3.63) is 34.9 Å². The van der Waals surface area contributed by atoms with Crippen molar-refractivity contribution in [3.63, 3.8) is 0 Å². The van der Waals surface area contributed by atoms with E-state index in [1.54, 1.807) is 0 Å². The summed E-state index contributed by atoms with van der Waals surface area (Å²) in [6, 6.07) is 0. The molecule has 1 nitrogen and oxygen atoms in total. The lowest BCUT2D eigenvalue weighted by molar-refractivity contribution is 0.957. The fourth-order valence-corrected chi connectivity index (χ4v) is 1.41. The standard InChI is InChI=1S/C12H16ClN/c1-3-4-5-12(13)8-11-7-6-10(2)14-9-11/h5-8H,3-4,9H2,1-2H3/b11-8-,12-5+. The number of hydrogen-bond acceptors (Lipinski definition) is 1. The summed E-state index contributed by atoms with van der Waals surface area (Å²) < 4.78 is 0. The Morgan fingerprint density at radius 2 is 2.36 bits per heavy atom. The highest BCUT2D eigenvalue weighted by Crippen LogP contribution is 2.13. The Morgan fingerprint density at radius 3 is 2.93 bits per heavy atom. The summed E-state index contributed by atoms with van der Waals surface area (Å²) in [7, 11) is 0. The van der Waals surface area contributed by atoms with Crippen LogP contribution in [0, 0.1) is 0 Å². The lowest BCUT2D eigenvalue weighted by Gasteiger charge is -2.04. The summed E-state index contributed by atoms with van der Waals surface area (Å²) in [6.07, 6.45) is 10.3. The van der Waals surface area contributed by atoms with Crippen molar-refractivity contribution in [2.75, 3.05) is 6.54 Å². The number of nitrogens with zero attached hydrogens (tertiary/aromatic N) is 1. The van der Waals surface area contributed by atoms with Crippen molar-refractivity contribution in [3.8, 4) is 0 Å². The van der Waals surface area contributed by atoms with Crippen molar-refractivity contribution < 1.29 is 0 Å². The Balaban J connectivity index is 2.58. The molecular weight excluding hydrogens is 194 g/mol. The first-order valence-electron chi connectivity index (χ1n) is 4.97. The molecule has 0 amide bonds. The molecule has 0 radical (unpaired) electrons. The maximum absolute atomic E-state index is 6.03. The smallest absolute Gasteiger partial charge is 0.0643 e. The highest BCUT2D eigenvalue weighted by Gasteiger charge is 1.98. The lowest BCUT2D eigenvalue weighted by Crippen LogP contribution is -1.97. The van der Waals surface area contributed by atoms with Gasteiger partial charge in [0.2, 0.25) is 0 Å². The zero-order chi connectivity index (χ0) is 10.4. The van der Waals surface area contributed by atoms with Gasteiger partial charge < -0.3 is 0 Å². The quantitative estimate of drug-likeness (QED) is 0.669. The Hall–Kier alpha value is -0.820. The van der Waals surface area contributed by atoms with Gasteiger partial charge in [0, 0.05) is 10.7 Å². The Morgan fingerprint density at radius 1 is 1.57 bits per heavy atom. The van der Waals surface area contributed by atoms with E-state index >= 15 is 0 Å². The van der Waals surface area contributed by atoms with Gasteiger partial charge in [0.05, 0.1) is 6.54 Å². The largest absolute Gasteiger partial charge is 0.285 e. The zero-order valence-electron chi connectivity index (χ0n) is 8.76. The first-order valence-corrected chi connectivity index (χ1v) is 5.35. The number of rotatable bonds is 3. The maximum atomic E-state index is 6.03. The van der Waals surface area contributed by atoms with Gasteiger partial charge in [-0.1, -0.05) is 37.1 Å². The average molecular weight is 210 g/mol. The van der Waals surface area contributed by atoms with Crippen LogP contribution in [0.2, 0.25) is 0 Å². The highest BCUT2D eigenvalue weighted by molar-refractivity contribution is 6.31. The van der Waals surface area contributed by atoms with Crippen molar-refractivity contribution >= 4 is 17.3 Å². The van der Waals surface area contributed by atoms with E-state index in [0.717, 1.165) is 30.1 Å². The van der Waals surface area contributed by atoms with Gasteiger partial charge in [-0.3, -0.25) is 4.99 Å². The Bertz CT molecular complexity index is 308. The third-order valence-corrected chi connectivity index (χ3v) is 2.26. The van der Waals surface area contributed by atoms with Gasteiger partial charge in [-0.15, -0.1) is 0 Å². The first-order chi connectivity index (χ1) is 6.72. The molecular formula is C12H16ClN. The van der Waals surface area contributed by atoms with Crippen LogP contribution in [-0.2, 0) is 0 Å². The van der Waals surface area contributed by atoms with Crippen LogP contribution in [0.15, 0.2) is 39.9 Å². The van der Waals surface area contributed by atoms with Crippen LogP contribution in [0.5, 0.6) is 0 Å². The molecule has 0 atom stereocenters. The fraction of sp³-hybridized carbons (Fsp3) is 0.417. The number of unbranched alkanes of at least 4 members (excludes halogenated alkanes) is 1. The molecule has 14 heavy (non-hydrogen) atoms. The maximum Gasteiger partial charge on any atom is 0.0643 e. The monoisotopic (exact) mass is 209 g/mol. The molecule has 0 aromatic heterocycles. The molecule has 1 rings (SSSR count). The number of hydrogen-bond donors (Lipinski definition) is 0. The SMILES string of the molecule is CCC/C=C(Cl)\C=C1\C=CC(C)=NC1. The first kappa shape index (κ1) is 11.3. The van der Waals surface area contributed by atoms with E-state index in [2.05, 4.69) is 18.0 Å². The summed E-state index contributed by atoms with van der Waals surface area (Å²) >= 11 is 6.03. The summed E-state index contributed by atoms with van der Waals surface area (Å²) in [5.41, 5.74) is 2.25. The van der Waals surface area contributed by atoms with Gasteiger partial charge in [-0.05, 0) is 31.1 Å². The minimum Gasteiger partial charge on any atom is -0.285 e. The van der Waals surface area contributed by atoms with Crippen LogP contribution in [-0.4, -0.2) is 12.3 Å². The minimum atomic E-state index is 0.749. The molecule has 0 saturated heterocycles. The molecule has 76 valence electrons. The molecule has 0 bridgehead atoms. The van der Waals surface area contributed by atoms with E-state index in [-0.39, 0.29) is 0 Å². The molecule has 0 aromatic carbocycles. The van der Waals surface area contributed by atoms with Gasteiger partial charge in [0.1, 0.15) is 0 Å². The van der Waals surface area contributed by atoms with Crippen molar-refractivity contribution in [2.24, 2.45) is 4.99 Å². The van der Waals surface area contributed by atoms with Crippen molar-refractivity contribution in [1.29, 1.82) is 0 Å². The number of halogens is 1. The van der Waals surface area contributed by atoms with Crippen LogP contribution < -0.4 is 0 Å². The molecule has 1 aliphatic heterocycles. The van der Waals surface area contributed by atoms with Gasteiger partial charge >= 0.3 is 0 Å². The second-order valence-corrected chi connectivity index (χ2v) is 3.82. The van der Waals surface area contributed by atoms with Gasteiger partial charge in [-0.25, -0.2) is 0 Å². The topological polar surface area (TPSA) is 12.4 Å². The van der Waals surface area contributed by atoms with E-state index < -0.39 is 0 Å². The molecule has 0 N–H and O–H groups in total. The second-order valence-electron chi connectivity index (χ2n) is 3.39. The van der Waals surface area contributed by atoms with Crippen LogP contribution in [0.3, 0.4) is 0 Å². The lowest BCUT2D eigenvalue weighted by atomic mass is 10.1. The van der Waals surface area contributed by atoms with E-state index in [0.29, 0.717) is 0 Å². The normalized spacial score (nSPS) is 20.1. The van der Waals surface area contributed by atoms with E-state index in [1.807, 2.05) is 25.2 Å². The third kappa shape index (κ3) is 3.93. The molecule has 0 aliphatic carbocycles. The fourth-order valence-electron chi connectivity index (χ4n) is 1.16. The molecule has 0 aromatic rings. The van der Waals surface area contributed by atoms with Gasteiger partial charge in [0.15, 0.2) is 0 Å². The molecule has 2 heteroatoms. The molecule has 0 saturated carbocycles. The number of dihydropyridines is 1. The molecule has 0 fully saturated rings. The van der Waals surface area contributed by atoms with Crippen molar-refractivity contribution in [2.45, 2.75) is 26.7 Å². The predicted octanol–water partition coefficient (Wildman–Crippen LogP) is 3.87. The van der Waals surface area contributed by atoms with Gasteiger partial charge in [-0.2, -0.15) is 0 Å². The van der Waals surface area contributed by atoms with Crippen LogP contribution in [0.4, 0.5) is 0 Å². The summed E-state index contributed by atoms with van der Waals surface area (Å²) in [5, 5.41) is 0.821. The number of aliphatic imine (C=N–C) groups is 1. The van der Waals surface area contributed by atoms with Gasteiger partial charge in [0.25, 0.3) is 0 Å². The minimum absolute atomic E-state index is 0.749. The van der Waals surface area contributed by atoms with Crippen LogP contribution in [0.25, 0.3) is 0 Å². The molecule has 0 unspecified atom stereocenters. The van der Waals surface area contributed by atoms with Crippen molar-refractivity contribution in [1.82, 2.24) is 0 Å². The van der Waals surface area contributed by atoms with E-state index in [9.17, 15) is 0 Å².